The Labute approximate surface area is 129 Å². The molecule has 0 saturated heterocycles. The van der Waals surface area contributed by atoms with Gasteiger partial charge < -0.3 is 15.5 Å². The van der Waals surface area contributed by atoms with E-state index in [1.807, 2.05) is 31.2 Å². The Hall–Kier alpha value is -2.34. The molecular formula is C16H21N3O3. The van der Waals surface area contributed by atoms with Crippen LogP contribution in [0, 0.1) is 0 Å². The molecule has 0 radical (unpaired) electrons. The number of hydrogen-bond donors (Lipinski definition) is 3. The van der Waals surface area contributed by atoms with Crippen LogP contribution >= 0.6 is 0 Å². The van der Waals surface area contributed by atoms with Crippen molar-refractivity contribution < 1.29 is 15.0 Å². The van der Waals surface area contributed by atoms with E-state index in [-0.39, 0.29) is 11.4 Å². The van der Waals surface area contributed by atoms with Gasteiger partial charge in [0.05, 0.1) is 18.0 Å². The normalized spacial score (nSPS) is 12.1. The number of carbonyl (C=O) groups is 1. The Morgan fingerprint density at radius 1 is 1.41 bits per heavy atom. The van der Waals surface area contributed by atoms with Crippen LogP contribution in [0.4, 0.5) is 0 Å². The van der Waals surface area contributed by atoms with Gasteiger partial charge in [-0.3, -0.25) is 4.79 Å². The molecule has 0 aliphatic heterocycles. The van der Waals surface area contributed by atoms with E-state index < -0.39 is 12.0 Å². The maximum atomic E-state index is 12.0. The maximum absolute atomic E-state index is 12.0. The van der Waals surface area contributed by atoms with Crippen LogP contribution in [0.5, 0.6) is 5.75 Å². The molecule has 0 aliphatic carbocycles. The van der Waals surface area contributed by atoms with E-state index in [1.165, 1.54) is 10.9 Å². The maximum Gasteiger partial charge on any atom is 0.275 e. The van der Waals surface area contributed by atoms with E-state index in [9.17, 15) is 15.0 Å². The van der Waals surface area contributed by atoms with Crippen LogP contribution in [0.15, 0.2) is 30.5 Å². The molecule has 6 nitrogen and oxygen atoms in total. The minimum Gasteiger partial charge on any atom is -0.504 e. The van der Waals surface area contributed by atoms with Gasteiger partial charge in [0.15, 0.2) is 11.4 Å². The van der Waals surface area contributed by atoms with E-state index in [0.29, 0.717) is 13.0 Å². The zero-order chi connectivity index (χ0) is 16.1. The van der Waals surface area contributed by atoms with Crippen molar-refractivity contribution in [2.45, 2.75) is 32.8 Å². The second kappa shape index (κ2) is 7.09. The highest BCUT2D eigenvalue weighted by atomic mass is 16.3. The highest BCUT2D eigenvalue weighted by Gasteiger charge is 2.17. The van der Waals surface area contributed by atoms with Gasteiger partial charge in [-0.25, -0.2) is 4.68 Å². The molecule has 1 amide bonds. The van der Waals surface area contributed by atoms with Crippen molar-refractivity contribution in [2.75, 3.05) is 6.54 Å². The molecule has 1 unspecified atom stereocenters. The first-order chi connectivity index (χ1) is 10.5. The first-order valence-corrected chi connectivity index (χ1v) is 7.36. The summed E-state index contributed by atoms with van der Waals surface area (Å²) in [5, 5.41) is 25.9. The number of para-hydroxylation sites is 1. The third-order valence-electron chi connectivity index (χ3n) is 3.38. The molecule has 22 heavy (non-hydrogen) atoms. The highest BCUT2D eigenvalue weighted by Crippen LogP contribution is 2.20. The minimum atomic E-state index is -0.483. The average Bonchev–Trinajstić information content (AvgIpc) is 2.88. The minimum absolute atomic E-state index is 0.0171. The van der Waals surface area contributed by atoms with Crippen molar-refractivity contribution in [3.05, 3.63) is 41.7 Å². The Bertz CT molecular complexity index is 650. The summed E-state index contributed by atoms with van der Waals surface area (Å²) in [6.45, 7) is 4.01. The third-order valence-corrected chi connectivity index (χ3v) is 3.38. The molecule has 0 saturated carbocycles. The van der Waals surface area contributed by atoms with Crippen molar-refractivity contribution in [2.24, 2.45) is 0 Å². The van der Waals surface area contributed by atoms with Gasteiger partial charge in [0.25, 0.3) is 5.91 Å². The monoisotopic (exact) mass is 303 g/mol. The van der Waals surface area contributed by atoms with Crippen molar-refractivity contribution in [1.82, 2.24) is 15.1 Å². The van der Waals surface area contributed by atoms with Crippen LogP contribution in [-0.4, -0.2) is 38.5 Å². The van der Waals surface area contributed by atoms with Gasteiger partial charge in [0.1, 0.15) is 0 Å². The van der Waals surface area contributed by atoms with Gasteiger partial charge in [0.2, 0.25) is 0 Å². The summed E-state index contributed by atoms with van der Waals surface area (Å²) in [5.74, 6) is -0.619. The van der Waals surface area contributed by atoms with Gasteiger partial charge in [0, 0.05) is 6.54 Å². The third kappa shape index (κ3) is 3.65. The fourth-order valence-electron chi connectivity index (χ4n) is 2.16. The molecule has 2 rings (SSSR count). The van der Waals surface area contributed by atoms with Gasteiger partial charge in [-0.2, -0.15) is 5.10 Å². The van der Waals surface area contributed by atoms with Crippen molar-refractivity contribution in [1.29, 1.82) is 0 Å². The van der Waals surface area contributed by atoms with E-state index >= 15 is 0 Å². The SMILES string of the molecule is CCc1ccccc1-n1cc(O)c(C(=O)NCCC(C)O)n1. The number of hydrogen-bond acceptors (Lipinski definition) is 4. The number of nitrogens with one attached hydrogen (secondary N) is 1. The lowest BCUT2D eigenvalue weighted by molar-refractivity contribution is 0.0937. The summed E-state index contributed by atoms with van der Waals surface area (Å²) >= 11 is 0. The molecule has 1 heterocycles. The van der Waals surface area contributed by atoms with Gasteiger partial charge in [-0.1, -0.05) is 25.1 Å². The van der Waals surface area contributed by atoms with Crippen LogP contribution in [0.2, 0.25) is 0 Å². The molecule has 3 N–H and O–H groups in total. The molecule has 6 heteroatoms. The van der Waals surface area contributed by atoms with E-state index in [1.54, 1.807) is 6.92 Å². The van der Waals surface area contributed by atoms with Crippen molar-refractivity contribution in [3.63, 3.8) is 0 Å². The highest BCUT2D eigenvalue weighted by molar-refractivity contribution is 5.94. The molecule has 1 atom stereocenters. The van der Waals surface area contributed by atoms with Gasteiger partial charge in [-0.05, 0) is 31.4 Å². The Morgan fingerprint density at radius 2 is 2.14 bits per heavy atom. The first kappa shape index (κ1) is 16.0. The first-order valence-electron chi connectivity index (χ1n) is 7.36. The van der Waals surface area contributed by atoms with Crippen molar-refractivity contribution in [3.8, 4) is 11.4 Å². The zero-order valence-electron chi connectivity index (χ0n) is 12.8. The lowest BCUT2D eigenvalue weighted by Crippen LogP contribution is -2.27. The number of aryl methyl sites for hydroxylation is 1. The topological polar surface area (TPSA) is 87.4 Å². The zero-order valence-corrected chi connectivity index (χ0v) is 12.8. The van der Waals surface area contributed by atoms with Gasteiger partial charge >= 0.3 is 0 Å². The molecule has 0 spiro atoms. The number of carbonyl (C=O) groups excluding carboxylic acids is 1. The average molecular weight is 303 g/mol. The number of aromatic hydroxyl groups is 1. The summed E-state index contributed by atoms with van der Waals surface area (Å²) in [5.41, 5.74) is 1.89. The second-order valence-corrected chi connectivity index (χ2v) is 5.18. The predicted octanol–water partition coefficient (Wildman–Crippen LogP) is 1.64. The van der Waals surface area contributed by atoms with Crippen LogP contribution in [0.1, 0.15) is 36.3 Å². The lowest BCUT2D eigenvalue weighted by Gasteiger charge is -2.07. The number of nitrogens with zero attached hydrogens (tertiary/aromatic N) is 2. The van der Waals surface area contributed by atoms with Crippen molar-refractivity contribution >= 4 is 5.91 Å². The molecule has 0 aliphatic rings. The predicted molar refractivity (Wildman–Crippen MR) is 83.2 cm³/mol. The smallest absolute Gasteiger partial charge is 0.275 e. The number of aliphatic hydroxyl groups is 1. The number of amides is 1. The molecular weight excluding hydrogens is 282 g/mol. The van der Waals surface area contributed by atoms with Crippen LogP contribution in [0.25, 0.3) is 5.69 Å². The van der Waals surface area contributed by atoms with E-state index in [2.05, 4.69) is 10.4 Å². The number of benzene rings is 1. The van der Waals surface area contributed by atoms with Crippen LogP contribution in [-0.2, 0) is 6.42 Å². The Balaban J connectivity index is 2.19. The molecule has 118 valence electrons. The van der Waals surface area contributed by atoms with Crippen LogP contribution < -0.4 is 5.32 Å². The number of rotatable bonds is 6. The summed E-state index contributed by atoms with van der Waals surface area (Å²) in [6.07, 6.45) is 2.22. The summed E-state index contributed by atoms with van der Waals surface area (Å²) in [7, 11) is 0. The summed E-state index contributed by atoms with van der Waals surface area (Å²) in [6, 6.07) is 7.70. The number of aliphatic hydroxyl groups excluding tert-OH is 1. The standard InChI is InChI=1S/C16H21N3O3/c1-3-12-6-4-5-7-13(12)19-10-14(21)15(18-19)16(22)17-9-8-11(2)20/h4-7,10-11,20-21H,3,8-9H2,1-2H3,(H,17,22). The quantitative estimate of drug-likeness (QED) is 0.757. The Kier molecular flexibility index (Phi) is 5.16. The fourth-order valence-corrected chi connectivity index (χ4v) is 2.16. The van der Waals surface area contributed by atoms with Gasteiger partial charge in [-0.15, -0.1) is 0 Å². The Morgan fingerprint density at radius 3 is 2.82 bits per heavy atom. The molecule has 0 fully saturated rings. The number of aromatic nitrogens is 2. The second-order valence-electron chi connectivity index (χ2n) is 5.18. The largest absolute Gasteiger partial charge is 0.504 e. The molecule has 1 aromatic carbocycles. The molecule has 1 aromatic heterocycles. The van der Waals surface area contributed by atoms with E-state index in [0.717, 1.165) is 17.7 Å². The fraction of sp³-hybridized carbons (Fsp3) is 0.375. The summed E-state index contributed by atoms with van der Waals surface area (Å²) in [4.78, 5) is 12.0. The summed E-state index contributed by atoms with van der Waals surface area (Å²) < 4.78 is 1.51. The lowest BCUT2D eigenvalue weighted by atomic mass is 10.1. The van der Waals surface area contributed by atoms with E-state index in [4.69, 9.17) is 0 Å². The molecule has 0 bridgehead atoms. The van der Waals surface area contributed by atoms with Crippen LogP contribution in [0.3, 0.4) is 0 Å². The molecule has 2 aromatic rings.